The number of benzene rings is 1. The highest BCUT2D eigenvalue weighted by Crippen LogP contribution is 2.26. The zero-order valence-corrected chi connectivity index (χ0v) is 12.9. The van der Waals surface area contributed by atoms with Crippen molar-refractivity contribution in [3.8, 4) is 11.8 Å². The van der Waals surface area contributed by atoms with Gasteiger partial charge in [0.05, 0.1) is 33.2 Å². The van der Waals surface area contributed by atoms with Crippen LogP contribution in [-0.2, 0) is 13.2 Å². The van der Waals surface area contributed by atoms with Gasteiger partial charge in [0.1, 0.15) is 12.4 Å². The number of ether oxygens (including phenoxy) is 1. The van der Waals surface area contributed by atoms with Crippen LogP contribution in [0.2, 0.25) is 0 Å². The first-order valence-electron chi connectivity index (χ1n) is 6.21. The molecule has 1 aromatic carbocycles. The van der Waals surface area contributed by atoms with E-state index in [-0.39, 0.29) is 0 Å². The van der Waals surface area contributed by atoms with E-state index in [1.165, 1.54) is 0 Å². The molecule has 0 saturated carbocycles. The summed E-state index contributed by atoms with van der Waals surface area (Å²) < 4.78 is 8.57. The minimum absolute atomic E-state index is 0.366. The average Bonchev–Trinajstić information content (AvgIpc) is 2.73. The third kappa shape index (κ3) is 2.78. The van der Waals surface area contributed by atoms with Crippen molar-refractivity contribution in [3.05, 3.63) is 39.6 Å². The lowest BCUT2D eigenvalue weighted by molar-refractivity contribution is 0.293. The topological polar surface area (TPSA) is 76.9 Å². The fourth-order valence-corrected chi connectivity index (χ4v) is 2.30. The van der Waals surface area contributed by atoms with Crippen LogP contribution in [0.15, 0.2) is 22.7 Å². The molecule has 104 valence electrons. The summed E-state index contributed by atoms with van der Waals surface area (Å²) in [5.41, 5.74) is 8.74. The molecule has 6 heteroatoms. The third-order valence-electron chi connectivity index (χ3n) is 2.96. The lowest BCUT2D eigenvalue weighted by Crippen LogP contribution is -2.07. The van der Waals surface area contributed by atoms with Crippen LogP contribution in [0.3, 0.4) is 0 Å². The number of hydrogen-bond acceptors (Lipinski definition) is 4. The Labute approximate surface area is 126 Å². The monoisotopic (exact) mass is 334 g/mol. The highest BCUT2D eigenvalue weighted by Gasteiger charge is 2.13. The molecular formula is C14H15BrN4O. The first kappa shape index (κ1) is 14.4. The van der Waals surface area contributed by atoms with Crippen molar-refractivity contribution in [3.63, 3.8) is 0 Å². The summed E-state index contributed by atoms with van der Waals surface area (Å²) in [7, 11) is 0. The predicted octanol–water partition coefficient (Wildman–Crippen LogP) is 3.01. The van der Waals surface area contributed by atoms with Crippen molar-refractivity contribution in [2.75, 3.05) is 5.73 Å². The van der Waals surface area contributed by atoms with E-state index in [1.54, 1.807) is 18.2 Å². The van der Waals surface area contributed by atoms with Crippen LogP contribution < -0.4 is 10.5 Å². The van der Waals surface area contributed by atoms with Crippen molar-refractivity contribution in [2.45, 2.75) is 27.0 Å². The quantitative estimate of drug-likeness (QED) is 0.872. The molecule has 0 bridgehead atoms. The molecule has 0 radical (unpaired) electrons. The van der Waals surface area contributed by atoms with Crippen molar-refractivity contribution >= 4 is 21.6 Å². The molecule has 0 saturated heterocycles. The Morgan fingerprint density at radius 3 is 2.85 bits per heavy atom. The second kappa shape index (κ2) is 5.97. The van der Waals surface area contributed by atoms with E-state index in [0.717, 1.165) is 22.4 Å². The fraction of sp³-hybridized carbons (Fsp3) is 0.286. The van der Waals surface area contributed by atoms with E-state index in [9.17, 15) is 0 Å². The molecule has 2 aromatic rings. The maximum atomic E-state index is 8.80. The van der Waals surface area contributed by atoms with Gasteiger partial charge in [0.15, 0.2) is 0 Å². The van der Waals surface area contributed by atoms with E-state index in [2.05, 4.69) is 21.0 Å². The van der Waals surface area contributed by atoms with Gasteiger partial charge in [-0.2, -0.15) is 10.4 Å². The smallest absolute Gasteiger partial charge is 0.142 e. The van der Waals surface area contributed by atoms with Crippen LogP contribution in [0.4, 0.5) is 5.69 Å². The summed E-state index contributed by atoms with van der Waals surface area (Å²) in [6.07, 6.45) is 0. The number of nitrogens with two attached hydrogens (primary N) is 1. The molecular weight excluding hydrogens is 320 g/mol. The lowest BCUT2D eigenvalue weighted by atomic mass is 10.2. The third-order valence-corrected chi connectivity index (χ3v) is 3.99. The molecule has 2 N–H and O–H groups in total. The minimum Gasteiger partial charge on any atom is -0.485 e. The fourth-order valence-electron chi connectivity index (χ4n) is 1.90. The second-order valence-corrected chi connectivity index (χ2v) is 5.11. The SMILES string of the molecule is CCn1nc(C)c(Br)c1COc1ccc(C#N)cc1N. The Kier molecular flexibility index (Phi) is 4.30. The highest BCUT2D eigenvalue weighted by atomic mass is 79.9. The average molecular weight is 335 g/mol. The Morgan fingerprint density at radius 1 is 1.50 bits per heavy atom. The number of nitriles is 1. The Balaban J connectivity index is 2.19. The van der Waals surface area contributed by atoms with Crippen LogP contribution in [0.5, 0.6) is 5.75 Å². The summed E-state index contributed by atoms with van der Waals surface area (Å²) in [6, 6.07) is 7.04. The maximum absolute atomic E-state index is 8.80. The number of nitrogens with zero attached hydrogens (tertiary/aromatic N) is 3. The first-order chi connectivity index (χ1) is 9.56. The van der Waals surface area contributed by atoms with Gasteiger partial charge in [-0.05, 0) is 48.0 Å². The summed E-state index contributed by atoms with van der Waals surface area (Å²) in [6.45, 7) is 5.10. The number of aryl methyl sites for hydroxylation is 2. The summed E-state index contributed by atoms with van der Waals surface area (Å²) in [5.74, 6) is 0.567. The molecule has 5 nitrogen and oxygen atoms in total. The van der Waals surface area contributed by atoms with Gasteiger partial charge in [-0.25, -0.2) is 0 Å². The Bertz CT molecular complexity index is 673. The number of nitrogen functional groups attached to an aromatic ring is 1. The summed E-state index contributed by atoms with van der Waals surface area (Å²) >= 11 is 3.52. The highest BCUT2D eigenvalue weighted by molar-refractivity contribution is 9.10. The zero-order valence-electron chi connectivity index (χ0n) is 11.4. The predicted molar refractivity (Wildman–Crippen MR) is 80.2 cm³/mol. The normalized spacial score (nSPS) is 10.3. The van der Waals surface area contributed by atoms with Gasteiger partial charge in [0.2, 0.25) is 0 Å². The van der Waals surface area contributed by atoms with Crippen molar-refractivity contribution in [1.29, 1.82) is 5.26 Å². The van der Waals surface area contributed by atoms with E-state index in [1.807, 2.05) is 24.6 Å². The number of hydrogen-bond donors (Lipinski definition) is 1. The summed E-state index contributed by atoms with van der Waals surface area (Å²) in [5, 5.41) is 13.2. The standard InChI is InChI=1S/C14H15BrN4O/c1-3-19-12(14(15)9(2)18-19)8-20-13-5-4-10(7-16)6-11(13)17/h4-6H,3,8,17H2,1-2H3. The van der Waals surface area contributed by atoms with E-state index in [0.29, 0.717) is 23.6 Å². The summed E-state index contributed by atoms with van der Waals surface area (Å²) in [4.78, 5) is 0. The number of anilines is 1. The molecule has 0 spiro atoms. The van der Waals surface area contributed by atoms with Crippen LogP contribution in [0, 0.1) is 18.3 Å². The molecule has 0 atom stereocenters. The van der Waals surface area contributed by atoms with Crippen LogP contribution in [0.1, 0.15) is 23.9 Å². The molecule has 20 heavy (non-hydrogen) atoms. The van der Waals surface area contributed by atoms with Crippen molar-refractivity contribution < 1.29 is 4.74 Å². The molecule has 2 rings (SSSR count). The van der Waals surface area contributed by atoms with Gasteiger partial charge >= 0.3 is 0 Å². The largest absolute Gasteiger partial charge is 0.485 e. The zero-order chi connectivity index (χ0) is 14.7. The Morgan fingerprint density at radius 2 is 2.25 bits per heavy atom. The lowest BCUT2D eigenvalue weighted by Gasteiger charge is -2.10. The van der Waals surface area contributed by atoms with Crippen LogP contribution >= 0.6 is 15.9 Å². The molecule has 0 amide bonds. The first-order valence-corrected chi connectivity index (χ1v) is 7.00. The minimum atomic E-state index is 0.366. The Hall–Kier alpha value is -2.00. The maximum Gasteiger partial charge on any atom is 0.142 e. The van der Waals surface area contributed by atoms with Gasteiger partial charge in [0, 0.05) is 6.54 Å². The molecule has 0 aliphatic heterocycles. The number of aromatic nitrogens is 2. The van der Waals surface area contributed by atoms with Crippen molar-refractivity contribution in [2.24, 2.45) is 0 Å². The van der Waals surface area contributed by atoms with Gasteiger partial charge in [-0.1, -0.05) is 0 Å². The molecule has 1 aromatic heterocycles. The van der Waals surface area contributed by atoms with Gasteiger partial charge < -0.3 is 10.5 Å². The van der Waals surface area contributed by atoms with Crippen molar-refractivity contribution in [1.82, 2.24) is 9.78 Å². The van der Waals surface area contributed by atoms with Crippen LogP contribution in [-0.4, -0.2) is 9.78 Å². The molecule has 1 heterocycles. The number of halogens is 1. The van der Waals surface area contributed by atoms with Crippen LogP contribution in [0.25, 0.3) is 0 Å². The van der Waals surface area contributed by atoms with E-state index < -0.39 is 0 Å². The molecule has 0 aliphatic rings. The van der Waals surface area contributed by atoms with E-state index in [4.69, 9.17) is 15.7 Å². The molecule has 0 unspecified atom stereocenters. The molecule has 0 fully saturated rings. The number of rotatable bonds is 4. The van der Waals surface area contributed by atoms with Gasteiger partial charge in [-0.15, -0.1) is 0 Å². The second-order valence-electron chi connectivity index (χ2n) is 4.31. The van der Waals surface area contributed by atoms with Gasteiger partial charge in [0.25, 0.3) is 0 Å². The molecule has 0 aliphatic carbocycles. The van der Waals surface area contributed by atoms with E-state index >= 15 is 0 Å². The van der Waals surface area contributed by atoms with Gasteiger partial charge in [-0.3, -0.25) is 4.68 Å².